The number of halogens is 2. The molecule has 1 saturated carbocycles. The van der Waals surface area contributed by atoms with Crippen molar-refractivity contribution >= 4 is 5.97 Å². The highest BCUT2D eigenvalue weighted by atomic mass is 19.3. The fraction of sp³-hybridized carbons (Fsp3) is 0.786. The number of carbonyl (C=O) groups excluding carboxylic acids is 1. The minimum absolute atomic E-state index is 0.0946. The predicted molar refractivity (Wildman–Crippen MR) is 64.3 cm³/mol. The van der Waals surface area contributed by atoms with Crippen molar-refractivity contribution in [1.29, 1.82) is 0 Å². The van der Waals surface area contributed by atoms with E-state index in [9.17, 15) is 13.6 Å². The van der Waals surface area contributed by atoms with Crippen LogP contribution in [-0.4, -0.2) is 18.5 Å². The Morgan fingerprint density at radius 1 is 1.61 bits per heavy atom. The summed E-state index contributed by atoms with van der Waals surface area (Å²) >= 11 is 0. The lowest BCUT2D eigenvalue weighted by Crippen LogP contribution is -2.38. The number of esters is 1. The molecule has 0 aromatic heterocycles. The molecule has 0 heterocycles. The minimum Gasteiger partial charge on any atom is -0.461 e. The molecule has 2 rings (SSSR count). The van der Waals surface area contributed by atoms with Crippen LogP contribution in [0, 0.1) is 11.3 Å². The summed E-state index contributed by atoms with van der Waals surface area (Å²) in [6.45, 7) is 2.86. The number of allylic oxidation sites excluding steroid dienone is 2. The summed E-state index contributed by atoms with van der Waals surface area (Å²) in [6, 6.07) is 0. The number of alkyl halides is 2. The lowest BCUT2D eigenvalue weighted by molar-refractivity contribution is -0.173. The van der Waals surface area contributed by atoms with Crippen molar-refractivity contribution in [1.82, 2.24) is 0 Å². The van der Waals surface area contributed by atoms with Crippen LogP contribution in [0.4, 0.5) is 8.78 Å². The van der Waals surface area contributed by atoms with E-state index in [4.69, 9.17) is 4.74 Å². The molecule has 0 aliphatic heterocycles. The smallest absolute Gasteiger partial charge is 0.376 e. The summed E-state index contributed by atoms with van der Waals surface area (Å²) in [4.78, 5) is 11.2. The second kappa shape index (κ2) is 4.63. The van der Waals surface area contributed by atoms with Gasteiger partial charge in [-0.25, -0.2) is 4.79 Å². The molecular formula is C14H20F2O2. The van der Waals surface area contributed by atoms with Gasteiger partial charge in [0, 0.05) is 12.3 Å². The Morgan fingerprint density at radius 3 is 3.00 bits per heavy atom. The van der Waals surface area contributed by atoms with E-state index in [1.54, 1.807) is 0 Å². The van der Waals surface area contributed by atoms with Crippen LogP contribution in [0.15, 0.2) is 11.6 Å². The standard InChI is InChI=1S/C14H20F2O2/c1-10-6-11-4-3-5-14(7-10,8-11)9-18-12(17)13(2,15)16/h6,10H,3-5,7-9H2,1-2H3. The van der Waals surface area contributed by atoms with Gasteiger partial charge < -0.3 is 4.74 Å². The number of ether oxygens (including phenoxy) is 1. The van der Waals surface area contributed by atoms with Gasteiger partial charge in [0.15, 0.2) is 0 Å². The molecule has 0 aromatic rings. The van der Waals surface area contributed by atoms with Gasteiger partial charge in [0.1, 0.15) is 0 Å². The number of hydrogen-bond donors (Lipinski definition) is 0. The first-order valence-electron chi connectivity index (χ1n) is 6.55. The van der Waals surface area contributed by atoms with Crippen LogP contribution in [0.3, 0.4) is 0 Å². The van der Waals surface area contributed by atoms with E-state index in [0.29, 0.717) is 12.8 Å². The summed E-state index contributed by atoms with van der Waals surface area (Å²) in [7, 11) is 0. The first-order valence-corrected chi connectivity index (χ1v) is 6.55. The average molecular weight is 258 g/mol. The van der Waals surface area contributed by atoms with E-state index >= 15 is 0 Å². The van der Waals surface area contributed by atoms with Gasteiger partial charge >= 0.3 is 11.9 Å². The molecule has 0 amide bonds. The molecule has 0 N–H and O–H groups in total. The van der Waals surface area contributed by atoms with Gasteiger partial charge in [0.2, 0.25) is 0 Å². The summed E-state index contributed by atoms with van der Waals surface area (Å²) < 4.78 is 30.4. The molecule has 2 nitrogen and oxygen atoms in total. The maximum absolute atomic E-state index is 12.8. The van der Waals surface area contributed by atoms with Crippen molar-refractivity contribution in [2.75, 3.05) is 6.61 Å². The Morgan fingerprint density at radius 2 is 2.33 bits per heavy atom. The van der Waals surface area contributed by atoms with Gasteiger partial charge in [0.25, 0.3) is 0 Å². The van der Waals surface area contributed by atoms with E-state index in [0.717, 1.165) is 32.1 Å². The summed E-state index contributed by atoms with van der Waals surface area (Å²) in [5.41, 5.74) is 1.31. The topological polar surface area (TPSA) is 26.3 Å². The largest absolute Gasteiger partial charge is 0.461 e. The lowest BCUT2D eigenvalue weighted by Gasteiger charge is -2.43. The molecule has 2 bridgehead atoms. The van der Waals surface area contributed by atoms with Crippen LogP contribution < -0.4 is 0 Å². The Balaban J connectivity index is 2.00. The van der Waals surface area contributed by atoms with Crippen molar-refractivity contribution in [3.05, 3.63) is 11.6 Å². The highest BCUT2D eigenvalue weighted by Crippen LogP contribution is 2.48. The van der Waals surface area contributed by atoms with E-state index in [1.807, 2.05) is 0 Å². The van der Waals surface area contributed by atoms with Crippen LogP contribution in [0.2, 0.25) is 0 Å². The Kier molecular flexibility index (Phi) is 3.47. The number of hydrogen-bond acceptors (Lipinski definition) is 2. The van der Waals surface area contributed by atoms with Gasteiger partial charge in [-0.2, -0.15) is 8.78 Å². The fourth-order valence-corrected chi connectivity index (χ4v) is 3.34. The quantitative estimate of drug-likeness (QED) is 0.569. The normalized spacial score (nSPS) is 31.8. The van der Waals surface area contributed by atoms with Gasteiger partial charge in [-0.3, -0.25) is 0 Å². The Labute approximate surface area is 106 Å². The van der Waals surface area contributed by atoms with Gasteiger partial charge in [-0.1, -0.05) is 18.6 Å². The molecule has 2 atom stereocenters. The Bertz CT molecular complexity index is 370. The molecule has 0 saturated heterocycles. The van der Waals surface area contributed by atoms with Crippen molar-refractivity contribution < 1.29 is 18.3 Å². The van der Waals surface area contributed by atoms with Gasteiger partial charge in [-0.05, 0) is 38.0 Å². The third-order valence-electron chi connectivity index (χ3n) is 3.95. The van der Waals surface area contributed by atoms with Crippen LogP contribution in [0.1, 0.15) is 46.0 Å². The van der Waals surface area contributed by atoms with Crippen LogP contribution in [0.25, 0.3) is 0 Å². The molecule has 2 aliphatic rings. The molecule has 1 fully saturated rings. The molecule has 0 aromatic carbocycles. The highest BCUT2D eigenvalue weighted by Gasteiger charge is 2.41. The Hall–Kier alpha value is -0.930. The summed E-state index contributed by atoms with van der Waals surface area (Å²) in [6.07, 6.45) is 7.26. The third kappa shape index (κ3) is 2.90. The molecular weight excluding hydrogens is 238 g/mol. The maximum atomic E-state index is 12.8. The second-order valence-electron chi connectivity index (χ2n) is 6.00. The number of fused-ring (bicyclic) bond motifs is 2. The minimum atomic E-state index is -3.38. The molecule has 2 unspecified atom stereocenters. The molecule has 4 heteroatoms. The average Bonchev–Trinajstić information content (AvgIpc) is 2.23. The fourth-order valence-electron chi connectivity index (χ4n) is 3.34. The zero-order valence-electron chi connectivity index (χ0n) is 11.0. The van der Waals surface area contributed by atoms with Crippen LogP contribution in [0.5, 0.6) is 0 Å². The lowest BCUT2D eigenvalue weighted by atomic mass is 9.64. The van der Waals surface area contributed by atoms with Gasteiger partial charge in [0.05, 0.1) is 6.61 Å². The zero-order chi connectivity index (χ0) is 13.4. The molecule has 0 radical (unpaired) electrons. The van der Waals surface area contributed by atoms with Crippen LogP contribution >= 0.6 is 0 Å². The monoisotopic (exact) mass is 258 g/mol. The number of carbonyl (C=O) groups is 1. The van der Waals surface area contributed by atoms with Crippen molar-refractivity contribution in [3.8, 4) is 0 Å². The van der Waals surface area contributed by atoms with E-state index in [-0.39, 0.29) is 12.0 Å². The predicted octanol–water partition coefficient (Wildman–Crippen LogP) is 3.71. The highest BCUT2D eigenvalue weighted by molar-refractivity contribution is 5.76. The van der Waals surface area contributed by atoms with E-state index < -0.39 is 11.9 Å². The van der Waals surface area contributed by atoms with Crippen LogP contribution in [-0.2, 0) is 9.53 Å². The van der Waals surface area contributed by atoms with E-state index in [1.165, 1.54) is 5.57 Å². The second-order valence-corrected chi connectivity index (χ2v) is 6.00. The van der Waals surface area contributed by atoms with Crippen molar-refractivity contribution in [2.24, 2.45) is 11.3 Å². The van der Waals surface area contributed by atoms with Gasteiger partial charge in [-0.15, -0.1) is 0 Å². The third-order valence-corrected chi connectivity index (χ3v) is 3.95. The molecule has 0 spiro atoms. The van der Waals surface area contributed by atoms with Crippen molar-refractivity contribution in [3.63, 3.8) is 0 Å². The zero-order valence-corrected chi connectivity index (χ0v) is 11.0. The molecule has 2 aliphatic carbocycles. The first kappa shape index (κ1) is 13.5. The van der Waals surface area contributed by atoms with E-state index in [2.05, 4.69) is 13.0 Å². The first-order chi connectivity index (χ1) is 8.31. The molecule has 18 heavy (non-hydrogen) atoms. The summed E-state index contributed by atoms with van der Waals surface area (Å²) in [5, 5.41) is 0. The molecule has 102 valence electrons. The number of rotatable bonds is 3. The maximum Gasteiger partial charge on any atom is 0.376 e. The van der Waals surface area contributed by atoms with Crippen molar-refractivity contribution in [2.45, 2.75) is 51.9 Å². The SMILES string of the molecule is CC1C=C2CCCC(COC(=O)C(C)(F)F)(C2)C1. The summed E-state index contributed by atoms with van der Waals surface area (Å²) in [5.74, 6) is -4.33.